The summed E-state index contributed by atoms with van der Waals surface area (Å²) in [5.41, 5.74) is 7.09. The predicted molar refractivity (Wildman–Crippen MR) is 75.7 cm³/mol. The second-order valence-electron chi connectivity index (χ2n) is 3.83. The molecule has 0 aromatic heterocycles. The van der Waals surface area contributed by atoms with Crippen molar-refractivity contribution in [3.63, 3.8) is 0 Å². The van der Waals surface area contributed by atoms with E-state index < -0.39 is 11.3 Å². The maximum atomic E-state index is 10.5. The third-order valence-corrected chi connectivity index (χ3v) is 2.74. The van der Waals surface area contributed by atoms with Crippen molar-refractivity contribution in [2.75, 3.05) is 10.5 Å². The number of rotatable bonds is 4. The molecule has 104 valence electrons. The van der Waals surface area contributed by atoms with Crippen LogP contribution in [0.4, 0.5) is 22.7 Å². The van der Waals surface area contributed by atoms with E-state index >= 15 is 0 Å². The van der Waals surface area contributed by atoms with Gasteiger partial charge in [-0.3, -0.25) is 4.21 Å². The van der Waals surface area contributed by atoms with E-state index in [1.807, 2.05) is 0 Å². The average molecular weight is 291 g/mol. The Hall–Kier alpha value is -2.45. The molecular weight excluding hydrogens is 280 g/mol. The lowest BCUT2D eigenvalue weighted by atomic mass is 10.2. The Bertz CT molecular complexity index is 676. The number of phenolic OH excluding ortho intramolecular Hbond substituents is 1. The van der Waals surface area contributed by atoms with E-state index in [9.17, 15) is 13.9 Å². The van der Waals surface area contributed by atoms with Crippen LogP contribution < -0.4 is 10.5 Å². The van der Waals surface area contributed by atoms with Gasteiger partial charge in [-0.15, -0.1) is 0 Å². The SMILES string of the molecule is Nc1cc(N=Nc2cccc(NS(=O)[O-])c2)ccc1O. The summed E-state index contributed by atoms with van der Waals surface area (Å²) in [6.07, 6.45) is 0. The van der Waals surface area contributed by atoms with Crippen molar-refractivity contribution in [2.24, 2.45) is 10.2 Å². The molecule has 7 nitrogen and oxygen atoms in total. The zero-order chi connectivity index (χ0) is 14.5. The van der Waals surface area contributed by atoms with Crippen LogP contribution in [0.15, 0.2) is 52.7 Å². The Balaban J connectivity index is 2.18. The molecular formula is C12H11N4O3S-. The minimum Gasteiger partial charge on any atom is -0.755 e. The molecule has 20 heavy (non-hydrogen) atoms. The van der Waals surface area contributed by atoms with Gasteiger partial charge in [0.05, 0.1) is 17.1 Å². The molecule has 2 aromatic carbocycles. The van der Waals surface area contributed by atoms with Gasteiger partial charge < -0.3 is 20.1 Å². The van der Waals surface area contributed by atoms with Gasteiger partial charge in [0, 0.05) is 17.0 Å². The third kappa shape index (κ3) is 3.77. The van der Waals surface area contributed by atoms with Crippen molar-refractivity contribution in [1.82, 2.24) is 0 Å². The summed E-state index contributed by atoms with van der Waals surface area (Å²) < 4.78 is 23.3. The molecule has 0 aliphatic rings. The number of nitrogens with one attached hydrogen (secondary N) is 1. The predicted octanol–water partition coefficient (Wildman–Crippen LogP) is 2.60. The molecule has 0 bridgehead atoms. The molecule has 0 aliphatic carbocycles. The molecule has 4 N–H and O–H groups in total. The van der Waals surface area contributed by atoms with E-state index in [1.165, 1.54) is 18.2 Å². The smallest absolute Gasteiger partial charge is 0.138 e. The maximum Gasteiger partial charge on any atom is 0.138 e. The second kappa shape index (κ2) is 6.13. The molecule has 0 saturated heterocycles. The second-order valence-corrected chi connectivity index (χ2v) is 4.50. The number of anilines is 2. The van der Waals surface area contributed by atoms with E-state index in [0.29, 0.717) is 17.1 Å². The molecule has 0 spiro atoms. The molecule has 2 rings (SSSR count). The highest BCUT2D eigenvalue weighted by atomic mass is 32.2. The first-order chi connectivity index (χ1) is 9.54. The molecule has 0 heterocycles. The Morgan fingerprint density at radius 2 is 1.85 bits per heavy atom. The average Bonchev–Trinajstić information content (AvgIpc) is 2.40. The lowest BCUT2D eigenvalue weighted by Crippen LogP contribution is -2.01. The largest absolute Gasteiger partial charge is 0.755 e. The monoisotopic (exact) mass is 291 g/mol. The number of nitrogens with two attached hydrogens (primary N) is 1. The normalized spacial score (nSPS) is 12.4. The van der Waals surface area contributed by atoms with Crippen molar-refractivity contribution >= 4 is 34.0 Å². The maximum absolute atomic E-state index is 10.5. The van der Waals surface area contributed by atoms with E-state index in [1.54, 1.807) is 24.3 Å². The highest BCUT2D eigenvalue weighted by Gasteiger charge is 1.98. The fourth-order valence-electron chi connectivity index (χ4n) is 1.45. The van der Waals surface area contributed by atoms with Crippen molar-refractivity contribution in [2.45, 2.75) is 0 Å². The number of benzene rings is 2. The molecule has 0 aliphatic heterocycles. The number of nitrogen functional groups attached to an aromatic ring is 1. The van der Waals surface area contributed by atoms with Gasteiger partial charge in [-0.05, 0) is 36.4 Å². The summed E-state index contributed by atoms with van der Waals surface area (Å²) in [4.78, 5) is 0. The third-order valence-electron chi connectivity index (χ3n) is 2.34. The number of nitrogens with zero attached hydrogens (tertiary/aromatic N) is 2. The molecule has 8 heteroatoms. The van der Waals surface area contributed by atoms with Crippen LogP contribution in [-0.2, 0) is 11.3 Å². The zero-order valence-corrected chi connectivity index (χ0v) is 11.0. The van der Waals surface area contributed by atoms with Crippen molar-refractivity contribution < 1.29 is 13.9 Å². The van der Waals surface area contributed by atoms with Crippen LogP contribution in [0, 0.1) is 0 Å². The summed E-state index contributed by atoms with van der Waals surface area (Å²) in [6.45, 7) is 0. The number of hydrogen-bond donors (Lipinski definition) is 3. The molecule has 0 amide bonds. The van der Waals surface area contributed by atoms with Crippen molar-refractivity contribution in [3.8, 4) is 5.75 Å². The molecule has 1 atom stereocenters. The van der Waals surface area contributed by atoms with Crippen LogP contribution in [0.3, 0.4) is 0 Å². The van der Waals surface area contributed by atoms with E-state index in [-0.39, 0.29) is 11.4 Å². The topological polar surface area (TPSA) is 123 Å². The van der Waals surface area contributed by atoms with Gasteiger partial charge in [0.2, 0.25) is 0 Å². The van der Waals surface area contributed by atoms with E-state index in [2.05, 4.69) is 15.0 Å². The summed E-state index contributed by atoms with van der Waals surface area (Å²) >= 11 is -2.39. The van der Waals surface area contributed by atoms with Gasteiger partial charge in [-0.2, -0.15) is 10.2 Å². The summed E-state index contributed by atoms with van der Waals surface area (Å²) in [7, 11) is 0. The van der Waals surface area contributed by atoms with Crippen LogP contribution in [0.1, 0.15) is 0 Å². The number of hydrogen-bond acceptors (Lipinski definition) is 6. The highest BCUT2D eigenvalue weighted by Crippen LogP contribution is 2.27. The quantitative estimate of drug-likeness (QED) is 0.346. The van der Waals surface area contributed by atoms with Gasteiger partial charge in [-0.25, -0.2) is 0 Å². The lowest BCUT2D eigenvalue weighted by molar-refractivity contribution is 0.478. The molecule has 1 unspecified atom stereocenters. The lowest BCUT2D eigenvalue weighted by Gasteiger charge is -2.08. The fraction of sp³-hybridized carbons (Fsp3) is 0. The number of aromatic hydroxyl groups is 1. The molecule has 0 fully saturated rings. The molecule has 0 saturated carbocycles. The summed E-state index contributed by atoms with van der Waals surface area (Å²) in [5.74, 6) is -0.0203. The Morgan fingerprint density at radius 1 is 1.15 bits per heavy atom. The van der Waals surface area contributed by atoms with Crippen LogP contribution in [0.25, 0.3) is 0 Å². The Labute approximate surface area is 117 Å². The van der Waals surface area contributed by atoms with Gasteiger partial charge in [0.1, 0.15) is 5.75 Å². The van der Waals surface area contributed by atoms with Crippen molar-refractivity contribution in [1.29, 1.82) is 0 Å². The van der Waals surface area contributed by atoms with Gasteiger partial charge in [-0.1, -0.05) is 6.07 Å². The number of azo groups is 1. The number of phenols is 1. The zero-order valence-electron chi connectivity index (χ0n) is 10.2. The first kappa shape index (κ1) is 14.0. The van der Waals surface area contributed by atoms with Crippen LogP contribution in [0.2, 0.25) is 0 Å². The Kier molecular flexibility index (Phi) is 4.28. The van der Waals surface area contributed by atoms with Gasteiger partial charge in [0.25, 0.3) is 0 Å². The van der Waals surface area contributed by atoms with Crippen LogP contribution >= 0.6 is 0 Å². The highest BCUT2D eigenvalue weighted by molar-refractivity contribution is 7.80. The summed E-state index contributed by atoms with van der Waals surface area (Å²) in [6, 6.07) is 10.9. The fourth-order valence-corrected chi connectivity index (χ4v) is 1.77. The van der Waals surface area contributed by atoms with Gasteiger partial charge >= 0.3 is 0 Å². The van der Waals surface area contributed by atoms with E-state index in [0.717, 1.165) is 0 Å². The first-order valence-electron chi connectivity index (χ1n) is 5.51. The molecule has 2 aromatic rings. The minimum absolute atomic E-state index is 0.0203. The summed E-state index contributed by atoms with van der Waals surface area (Å²) in [5, 5.41) is 17.2. The van der Waals surface area contributed by atoms with Crippen LogP contribution in [-0.4, -0.2) is 13.9 Å². The van der Waals surface area contributed by atoms with Crippen LogP contribution in [0.5, 0.6) is 5.75 Å². The van der Waals surface area contributed by atoms with Gasteiger partial charge in [0.15, 0.2) is 0 Å². The first-order valence-corrected chi connectivity index (χ1v) is 6.58. The Morgan fingerprint density at radius 3 is 2.50 bits per heavy atom. The van der Waals surface area contributed by atoms with Crippen molar-refractivity contribution in [3.05, 3.63) is 42.5 Å². The molecule has 0 radical (unpaired) electrons. The van der Waals surface area contributed by atoms with E-state index in [4.69, 9.17) is 5.73 Å². The standard InChI is InChI=1S/C12H12N4O3S/c13-11-7-9(4-5-12(11)17)15-14-8-2-1-3-10(6-8)16-20(18)19/h1-7,16-17H,13H2,(H,18,19)/p-1. The minimum atomic E-state index is -2.39.